The van der Waals surface area contributed by atoms with Gasteiger partial charge in [-0.1, -0.05) is 40.0 Å². The average Bonchev–Trinajstić information content (AvgIpc) is 3.47. The summed E-state index contributed by atoms with van der Waals surface area (Å²) in [6.07, 6.45) is 1.90. The number of nitrogens with two attached hydrogens (primary N) is 1. The highest BCUT2D eigenvalue weighted by Crippen LogP contribution is 2.42. The van der Waals surface area contributed by atoms with Crippen LogP contribution in [0.25, 0.3) is 0 Å². The Balaban J connectivity index is 1.48. The van der Waals surface area contributed by atoms with Gasteiger partial charge < -0.3 is 21.0 Å². The number of oxime groups is 1. The molecule has 180 valence electrons. The minimum atomic E-state index is -1.19. The number of thiazole rings is 1. The summed E-state index contributed by atoms with van der Waals surface area (Å²) in [6.45, 7) is 0. The van der Waals surface area contributed by atoms with Crippen LogP contribution >= 0.6 is 58.0 Å². The number of nitrogens with one attached hydrogen (secondary N) is 1. The van der Waals surface area contributed by atoms with E-state index in [1.165, 1.54) is 58.6 Å². The smallest absolute Gasteiger partial charge is 0.352 e. The quantitative estimate of drug-likeness (QED) is 0.174. The van der Waals surface area contributed by atoms with Crippen molar-refractivity contribution in [2.45, 2.75) is 20.1 Å². The minimum absolute atomic E-state index is 0.0561. The molecule has 2 aromatic heterocycles. The summed E-state index contributed by atoms with van der Waals surface area (Å²) in [5.41, 5.74) is 6.27. The van der Waals surface area contributed by atoms with E-state index in [9.17, 15) is 19.5 Å². The van der Waals surface area contributed by atoms with Gasteiger partial charge in [0, 0.05) is 16.9 Å². The second kappa shape index (κ2) is 10.5. The molecule has 1 fully saturated rings. The number of hydrogen-bond donors (Lipinski definition) is 3. The molecule has 12 nitrogen and oxygen atoms in total. The van der Waals surface area contributed by atoms with Crippen LogP contribution in [0.3, 0.4) is 0 Å². The summed E-state index contributed by atoms with van der Waals surface area (Å²) in [5.74, 6) is -1.62. The Hall–Kier alpha value is -2.34. The number of hydrogen-bond acceptors (Lipinski definition) is 14. The molecule has 0 saturated carbocycles. The van der Waals surface area contributed by atoms with Crippen LogP contribution in [0.4, 0.5) is 5.13 Å². The van der Waals surface area contributed by atoms with E-state index in [4.69, 9.17) is 10.6 Å². The number of β-lactam (4-membered cyclic amide) rings is 1. The number of nitrogens with zero attached hydrogens (tertiary/aromatic N) is 5. The van der Waals surface area contributed by atoms with Crippen LogP contribution in [0, 0.1) is 0 Å². The first-order valence-electron chi connectivity index (χ1n) is 9.37. The summed E-state index contributed by atoms with van der Waals surface area (Å²) in [4.78, 5) is 47.7. The van der Waals surface area contributed by atoms with E-state index in [1.54, 1.807) is 5.38 Å². The van der Waals surface area contributed by atoms with Crippen molar-refractivity contribution in [3.05, 3.63) is 22.3 Å². The minimum Gasteiger partial charge on any atom is -0.477 e. The fourth-order valence-electron chi connectivity index (χ4n) is 3.18. The lowest BCUT2D eigenvalue weighted by Crippen LogP contribution is -2.71. The fraction of sp³-hybridized carbons (Fsp3) is 0.353. The van der Waals surface area contributed by atoms with Crippen molar-refractivity contribution in [3.8, 4) is 0 Å². The predicted octanol–water partition coefficient (Wildman–Crippen LogP) is 1.18. The molecule has 0 aromatic carbocycles. The molecule has 4 heterocycles. The number of rotatable bonds is 9. The molecule has 0 unspecified atom stereocenters. The van der Waals surface area contributed by atoms with Crippen molar-refractivity contribution in [1.82, 2.24) is 25.4 Å². The highest BCUT2D eigenvalue weighted by atomic mass is 32.2. The molecule has 2 aliphatic heterocycles. The molecule has 17 heteroatoms. The van der Waals surface area contributed by atoms with Crippen LogP contribution in [0.15, 0.2) is 30.5 Å². The number of carbonyl (C=O) groups excluding carboxylic acids is 2. The van der Waals surface area contributed by atoms with Gasteiger partial charge in [0.2, 0.25) is 0 Å². The monoisotopic (exact) mass is 559 g/mol. The average molecular weight is 560 g/mol. The number of fused-ring (bicyclic) bond motifs is 1. The first kappa shape index (κ1) is 24.8. The molecule has 0 radical (unpaired) electrons. The van der Waals surface area contributed by atoms with E-state index in [0.717, 1.165) is 20.0 Å². The van der Waals surface area contributed by atoms with Crippen LogP contribution in [0.1, 0.15) is 5.69 Å². The molecular weight excluding hydrogens is 543 g/mol. The van der Waals surface area contributed by atoms with Crippen molar-refractivity contribution in [2.24, 2.45) is 5.16 Å². The molecule has 0 aliphatic carbocycles. The molecule has 34 heavy (non-hydrogen) atoms. The summed E-state index contributed by atoms with van der Waals surface area (Å²) in [7, 11) is 1.28. The van der Waals surface area contributed by atoms with Gasteiger partial charge in [-0.15, -0.1) is 33.3 Å². The number of amides is 2. The van der Waals surface area contributed by atoms with Gasteiger partial charge in [-0.3, -0.25) is 14.5 Å². The maximum Gasteiger partial charge on any atom is 0.352 e. The Bertz CT molecular complexity index is 1190. The van der Waals surface area contributed by atoms with E-state index in [1.807, 2.05) is 6.26 Å². The lowest BCUT2D eigenvalue weighted by molar-refractivity contribution is -0.150. The van der Waals surface area contributed by atoms with Crippen molar-refractivity contribution < 1.29 is 24.3 Å². The Labute approximate surface area is 213 Å². The van der Waals surface area contributed by atoms with Crippen molar-refractivity contribution in [3.63, 3.8) is 0 Å². The van der Waals surface area contributed by atoms with Gasteiger partial charge in [0.1, 0.15) is 29.9 Å². The zero-order chi connectivity index (χ0) is 24.4. The van der Waals surface area contributed by atoms with E-state index in [0.29, 0.717) is 17.1 Å². The number of thioether (sulfide) groups is 3. The second-order valence-electron chi connectivity index (χ2n) is 6.64. The number of carboxylic acid groups (broad SMARTS) is 1. The molecule has 2 amide bonds. The molecular formula is C17H17N7O5S5. The molecule has 2 atom stereocenters. The highest BCUT2D eigenvalue weighted by Gasteiger charge is 2.54. The molecule has 1 saturated heterocycles. The Morgan fingerprint density at radius 1 is 1.41 bits per heavy atom. The van der Waals surface area contributed by atoms with Gasteiger partial charge >= 0.3 is 5.97 Å². The summed E-state index contributed by atoms with van der Waals surface area (Å²) in [5, 5.41) is 25.5. The van der Waals surface area contributed by atoms with Crippen LogP contribution in [-0.2, 0) is 19.2 Å². The van der Waals surface area contributed by atoms with E-state index in [2.05, 4.69) is 25.7 Å². The topological polar surface area (TPSA) is 173 Å². The van der Waals surface area contributed by atoms with Crippen LogP contribution < -0.4 is 11.1 Å². The summed E-state index contributed by atoms with van der Waals surface area (Å²) < 4.78 is 1.54. The van der Waals surface area contributed by atoms with Gasteiger partial charge in [0.05, 0.1) is 0 Å². The van der Waals surface area contributed by atoms with Gasteiger partial charge in [0.25, 0.3) is 11.8 Å². The third kappa shape index (κ3) is 4.88. The van der Waals surface area contributed by atoms with Crippen molar-refractivity contribution in [2.75, 3.05) is 30.6 Å². The van der Waals surface area contributed by atoms with Crippen LogP contribution in [0.5, 0.6) is 0 Å². The third-order valence-electron chi connectivity index (χ3n) is 4.63. The van der Waals surface area contributed by atoms with Crippen molar-refractivity contribution in [1.29, 1.82) is 0 Å². The van der Waals surface area contributed by atoms with E-state index >= 15 is 0 Å². The molecule has 2 aliphatic rings. The maximum absolute atomic E-state index is 12.9. The normalized spacial score (nSPS) is 20.1. The number of carboxylic acids is 1. The van der Waals surface area contributed by atoms with Gasteiger partial charge in [-0.25, -0.2) is 9.78 Å². The third-order valence-corrected chi connectivity index (χ3v) is 9.76. The van der Waals surface area contributed by atoms with Gasteiger partial charge in [0.15, 0.2) is 19.5 Å². The Kier molecular flexibility index (Phi) is 7.66. The molecule has 4 rings (SSSR count). The number of anilines is 1. The zero-order valence-electron chi connectivity index (χ0n) is 17.6. The van der Waals surface area contributed by atoms with Crippen molar-refractivity contribution >= 4 is 86.6 Å². The van der Waals surface area contributed by atoms with Gasteiger partial charge in [-0.2, -0.15) is 0 Å². The number of aromatic nitrogens is 3. The highest BCUT2D eigenvalue weighted by molar-refractivity contribution is 8.03. The molecule has 0 bridgehead atoms. The Morgan fingerprint density at radius 3 is 2.79 bits per heavy atom. The molecule has 2 aromatic rings. The van der Waals surface area contributed by atoms with Crippen LogP contribution in [-0.4, -0.2) is 85.0 Å². The maximum atomic E-state index is 12.9. The predicted molar refractivity (Wildman–Crippen MR) is 132 cm³/mol. The Morgan fingerprint density at radius 2 is 2.18 bits per heavy atom. The number of carbonyl (C=O) groups is 3. The lowest BCUT2D eigenvalue weighted by Gasteiger charge is -2.49. The fourth-order valence-corrected chi connectivity index (χ4v) is 7.65. The SMILES string of the molecule is CON=C(C(=O)N[C@@H]1C(=O)N2C(C(=O)O)=C(CSc3nnc(SC)s3)CS[C@@H]12)c1csc(N)n1. The first-order chi connectivity index (χ1) is 16.3. The van der Waals surface area contributed by atoms with E-state index < -0.39 is 29.2 Å². The molecule has 4 N–H and O–H groups in total. The van der Waals surface area contributed by atoms with E-state index in [-0.39, 0.29) is 22.2 Å². The lowest BCUT2D eigenvalue weighted by atomic mass is 10.0. The number of nitrogen functional groups attached to an aromatic ring is 1. The summed E-state index contributed by atoms with van der Waals surface area (Å²) in [6, 6.07) is -0.911. The summed E-state index contributed by atoms with van der Waals surface area (Å²) >= 11 is 6.80. The molecule has 0 spiro atoms. The largest absolute Gasteiger partial charge is 0.477 e. The second-order valence-corrected chi connectivity index (χ2v) is 11.9. The van der Waals surface area contributed by atoms with Gasteiger partial charge in [-0.05, 0) is 11.8 Å². The number of aliphatic carboxylic acids is 1. The van der Waals surface area contributed by atoms with Crippen LogP contribution in [0.2, 0.25) is 0 Å². The standard InChI is InChI=1S/C17H17N7O5S5/c1-29-23-8(7-5-32-15(18)19-7)11(25)20-9-12(26)24-10(14(27)28)6(3-31-13(9)24)4-33-17-22-21-16(30-2)34-17/h5,9,13H,3-4H2,1-2H3,(H2,18,19)(H,20,25)(H,27,28)/t9-,13+/m1/s1. The first-order valence-corrected chi connectivity index (χ1v) is 14.3. The zero-order valence-corrected chi connectivity index (χ0v) is 21.7.